The molecule has 0 heterocycles. The summed E-state index contributed by atoms with van der Waals surface area (Å²) in [6.45, 7) is 2.23. The van der Waals surface area contributed by atoms with Crippen LogP contribution in [-0.2, 0) is 4.79 Å². The lowest BCUT2D eigenvalue weighted by Gasteiger charge is -2.28. The van der Waals surface area contributed by atoms with Gasteiger partial charge in [-0.1, -0.05) is 6.42 Å². The second kappa shape index (κ2) is 6.59. The maximum absolute atomic E-state index is 13.7. The first-order valence-corrected chi connectivity index (χ1v) is 7.01. The van der Waals surface area contributed by atoms with Gasteiger partial charge in [-0.25, -0.2) is 4.39 Å². The molecule has 110 valence electrons. The molecule has 1 saturated carbocycles. The SMILES string of the molecule is CCOc1ccc(NC2CCCC(C(=O)O)C2)cc1F. The Morgan fingerprint density at radius 1 is 1.50 bits per heavy atom. The molecule has 1 aromatic rings. The van der Waals surface area contributed by atoms with Gasteiger partial charge < -0.3 is 15.2 Å². The molecule has 0 aliphatic heterocycles. The Kier molecular flexibility index (Phi) is 4.82. The Bertz CT molecular complexity index is 478. The first-order chi connectivity index (χ1) is 9.60. The average molecular weight is 281 g/mol. The van der Waals surface area contributed by atoms with Crippen molar-refractivity contribution >= 4 is 11.7 Å². The minimum absolute atomic E-state index is 0.0854. The molecule has 5 heteroatoms. The van der Waals surface area contributed by atoms with E-state index in [9.17, 15) is 9.18 Å². The summed E-state index contributed by atoms with van der Waals surface area (Å²) < 4.78 is 18.9. The molecule has 1 aliphatic carbocycles. The first-order valence-electron chi connectivity index (χ1n) is 7.01. The fourth-order valence-corrected chi connectivity index (χ4v) is 2.64. The van der Waals surface area contributed by atoms with E-state index in [1.807, 2.05) is 0 Å². The second-order valence-corrected chi connectivity index (χ2v) is 5.12. The zero-order valence-corrected chi connectivity index (χ0v) is 11.6. The number of carboxylic acid groups (broad SMARTS) is 1. The third-order valence-electron chi connectivity index (χ3n) is 3.63. The number of carboxylic acids is 1. The van der Waals surface area contributed by atoms with E-state index in [-0.39, 0.29) is 17.7 Å². The Labute approximate surface area is 117 Å². The number of aliphatic carboxylic acids is 1. The summed E-state index contributed by atoms with van der Waals surface area (Å²) in [5.41, 5.74) is 0.669. The summed E-state index contributed by atoms with van der Waals surface area (Å²) in [5.74, 6) is -1.20. The monoisotopic (exact) mass is 281 g/mol. The van der Waals surface area contributed by atoms with Gasteiger partial charge in [-0.05, 0) is 38.3 Å². The average Bonchev–Trinajstić information content (AvgIpc) is 2.42. The molecular weight excluding hydrogens is 261 g/mol. The van der Waals surface area contributed by atoms with Crippen molar-refractivity contribution in [3.8, 4) is 5.75 Å². The topological polar surface area (TPSA) is 58.6 Å². The number of carbonyl (C=O) groups is 1. The van der Waals surface area contributed by atoms with Gasteiger partial charge in [-0.3, -0.25) is 4.79 Å². The number of hydrogen-bond acceptors (Lipinski definition) is 3. The van der Waals surface area contributed by atoms with Crippen molar-refractivity contribution < 1.29 is 19.0 Å². The van der Waals surface area contributed by atoms with Crippen LogP contribution in [0.5, 0.6) is 5.75 Å². The van der Waals surface area contributed by atoms with Crippen LogP contribution in [0.15, 0.2) is 18.2 Å². The summed E-state index contributed by atoms with van der Waals surface area (Å²) in [5, 5.41) is 12.3. The van der Waals surface area contributed by atoms with E-state index in [2.05, 4.69) is 5.32 Å². The van der Waals surface area contributed by atoms with Crippen LogP contribution in [0.1, 0.15) is 32.6 Å². The molecule has 0 spiro atoms. The quantitative estimate of drug-likeness (QED) is 0.869. The van der Waals surface area contributed by atoms with Gasteiger partial charge in [0.05, 0.1) is 12.5 Å². The highest BCUT2D eigenvalue weighted by molar-refractivity contribution is 5.70. The summed E-state index contributed by atoms with van der Waals surface area (Å²) in [7, 11) is 0. The van der Waals surface area contributed by atoms with Gasteiger partial charge in [0.15, 0.2) is 11.6 Å². The van der Waals surface area contributed by atoms with E-state index in [0.29, 0.717) is 18.7 Å². The van der Waals surface area contributed by atoms with E-state index >= 15 is 0 Å². The molecule has 0 radical (unpaired) electrons. The number of nitrogens with one attached hydrogen (secondary N) is 1. The Morgan fingerprint density at radius 2 is 2.30 bits per heavy atom. The number of anilines is 1. The lowest BCUT2D eigenvalue weighted by Crippen LogP contribution is -2.30. The third-order valence-corrected chi connectivity index (χ3v) is 3.63. The molecule has 2 rings (SSSR count). The van der Waals surface area contributed by atoms with E-state index in [1.54, 1.807) is 19.1 Å². The number of halogens is 1. The van der Waals surface area contributed by atoms with E-state index in [0.717, 1.165) is 19.3 Å². The number of rotatable bonds is 5. The largest absolute Gasteiger partial charge is 0.491 e. The minimum Gasteiger partial charge on any atom is -0.491 e. The van der Waals surface area contributed by atoms with Crippen LogP contribution >= 0.6 is 0 Å². The summed E-state index contributed by atoms with van der Waals surface area (Å²) >= 11 is 0. The van der Waals surface area contributed by atoms with Crippen molar-refractivity contribution in [3.63, 3.8) is 0 Å². The molecule has 0 bridgehead atoms. The molecule has 2 atom stereocenters. The number of hydrogen-bond donors (Lipinski definition) is 2. The highest BCUT2D eigenvalue weighted by Crippen LogP contribution is 2.28. The first kappa shape index (κ1) is 14.6. The molecule has 20 heavy (non-hydrogen) atoms. The van der Waals surface area contributed by atoms with Gasteiger partial charge in [0.25, 0.3) is 0 Å². The van der Waals surface area contributed by atoms with Crippen molar-refractivity contribution in [1.82, 2.24) is 0 Å². The minimum atomic E-state index is -0.741. The second-order valence-electron chi connectivity index (χ2n) is 5.12. The van der Waals surface area contributed by atoms with Gasteiger partial charge in [-0.2, -0.15) is 0 Å². The van der Waals surface area contributed by atoms with Crippen LogP contribution in [0.4, 0.5) is 10.1 Å². The van der Waals surface area contributed by atoms with Gasteiger partial charge in [0.2, 0.25) is 0 Å². The Balaban J connectivity index is 1.99. The summed E-state index contributed by atoms with van der Waals surface area (Å²) in [4.78, 5) is 11.0. The van der Waals surface area contributed by atoms with Crippen molar-refractivity contribution in [1.29, 1.82) is 0 Å². The van der Waals surface area contributed by atoms with Gasteiger partial charge in [0, 0.05) is 17.8 Å². The van der Waals surface area contributed by atoms with Crippen LogP contribution < -0.4 is 10.1 Å². The molecule has 0 aromatic heterocycles. The molecular formula is C15H20FNO3. The van der Waals surface area contributed by atoms with Crippen molar-refractivity contribution in [2.24, 2.45) is 5.92 Å². The normalized spacial score (nSPS) is 22.3. The molecule has 0 amide bonds. The van der Waals surface area contributed by atoms with Crippen LogP contribution in [0, 0.1) is 11.7 Å². The van der Waals surface area contributed by atoms with Gasteiger partial charge in [0.1, 0.15) is 0 Å². The fourth-order valence-electron chi connectivity index (χ4n) is 2.64. The number of benzene rings is 1. The van der Waals surface area contributed by atoms with Crippen molar-refractivity contribution in [3.05, 3.63) is 24.0 Å². The van der Waals surface area contributed by atoms with Crippen LogP contribution in [0.2, 0.25) is 0 Å². The lowest BCUT2D eigenvalue weighted by molar-refractivity contribution is -0.142. The van der Waals surface area contributed by atoms with Crippen molar-refractivity contribution in [2.75, 3.05) is 11.9 Å². The molecule has 2 unspecified atom stereocenters. The molecule has 1 aliphatic rings. The van der Waals surface area contributed by atoms with Crippen LogP contribution in [0.25, 0.3) is 0 Å². The summed E-state index contributed by atoms with van der Waals surface area (Å²) in [6, 6.07) is 4.84. The highest BCUT2D eigenvalue weighted by atomic mass is 19.1. The molecule has 1 fully saturated rings. The maximum atomic E-state index is 13.7. The van der Waals surface area contributed by atoms with Crippen molar-refractivity contribution in [2.45, 2.75) is 38.6 Å². The predicted octanol–water partition coefficient (Wildman–Crippen LogP) is 3.28. The van der Waals surface area contributed by atoms with Crippen LogP contribution in [-0.4, -0.2) is 23.7 Å². The maximum Gasteiger partial charge on any atom is 0.306 e. The molecule has 2 N–H and O–H groups in total. The van der Waals surface area contributed by atoms with Gasteiger partial charge in [-0.15, -0.1) is 0 Å². The van der Waals surface area contributed by atoms with E-state index in [4.69, 9.17) is 9.84 Å². The molecule has 0 saturated heterocycles. The predicted molar refractivity (Wildman–Crippen MR) is 74.6 cm³/mol. The highest BCUT2D eigenvalue weighted by Gasteiger charge is 2.26. The Morgan fingerprint density at radius 3 is 2.95 bits per heavy atom. The van der Waals surface area contributed by atoms with E-state index in [1.165, 1.54) is 6.07 Å². The Hall–Kier alpha value is -1.78. The number of ether oxygens (including phenoxy) is 1. The zero-order chi connectivity index (χ0) is 14.5. The smallest absolute Gasteiger partial charge is 0.306 e. The molecule has 1 aromatic carbocycles. The van der Waals surface area contributed by atoms with Gasteiger partial charge >= 0.3 is 5.97 Å². The molecule has 4 nitrogen and oxygen atoms in total. The van der Waals surface area contributed by atoms with E-state index < -0.39 is 11.8 Å². The fraction of sp³-hybridized carbons (Fsp3) is 0.533. The summed E-state index contributed by atoms with van der Waals surface area (Å²) in [6.07, 6.45) is 3.11. The zero-order valence-electron chi connectivity index (χ0n) is 11.6. The van der Waals surface area contributed by atoms with Crippen LogP contribution in [0.3, 0.4) is 0 Å². The lowest BCUT2D eigenvalue weighted by atomic mass is 9.85. The standard InChI is InChI=1S/C15H20FNO3/c1-2-20-14-7-6-12(9-13(14)16)17-11-5-3-4-10(8-11)15(18)19/h6-7,9-11,17H,2-5,8H2,1H3,(H,18,19). The third kappa shape index (κ3) is 3.62.